The summed E-state index contributed by atoms with van der Waals surface area (Å²) in [5.74, 6) is 0.649. The van der Waals surface area contributed by atoms with E-state index in [1.54, 1.807) is 12.3 Å². The Bertz CT molecular complexity index is 445. The van der Waals surface area contributed by atoms with Crippen LogP contribution in [0.5, 0.6) is 0 Å². The molecule has 2 unspecified atom stereocenters. The number of hydrogen-bond acceptors (Lipinski definition) is 3. The fourth-order valence-electron chi connectivity index (χ4n) is 2.61. The molecular weight excluding hydrogens is 226 g/mol. The lowest BCUT2D eigenvalue weighted by molar-refractivity contribution is 0.0920. The van der Waals surface area contributed by atoms with Crippen LogP contribution in [0.3, 0.4) is 0 Å². The summed E-state index contributed by atoms with van der Waals surface area (Å²) in [6.07, 6.45) is 6.19. The first-order chi connectivity index (χ1) is 8.56. The van der Waals surface area contributed by atoms with E-state index in [-0.39, 0.29) is 5.91 Å². The van der Waals surface area contributed by atoms with E-state index in [0.717, 1.165) is 18.5 Å². The van der Waals surface area contributed by atoms with Crippen molar-refractivity contribution >= 4 is 11.6 Å². The topological polar surface area (TPSA) is 68.0 Å². The molecule has 1 heterocycles. The van der Waals surface area contributed by atoms with E-state index in [9.17, 15) is 4.79 Å². The number of rotatable bonds is 2. The summed E-state index contributed by atoms with van der Waals surface area (Å²) in [6, 6.07) is 1.99. The van der Waals surface area contributed by atoms with Gasteiger partial charge in [0.15, 0.2) is 0 Å². The second-order valence-electron chi connectivity index (χ2n) is 5.34. The molecule has 4 nitrogen and oxygen atoms in total. The molecule has 98 valence electrons. The number of nitrogen functional groups attached to an aromatic ring is 1. The highest BCUT2D eigenvalue weighted by Gasteiger charge is 2.21. The van der Waals surface area contributed by atoms with Crippen LogP contribution in [0.4, 0.5) is 5.69 Å². The quantitative estimate of drug-likeness (QED) is 0.842. The van der Waals surface area contributed by atoms with Crippen LogP contribution in [0.15, 0.2) is 12.3 Å². The molecule has 0 radical (unpaired) electrons. The monoisotopic (exact) mass is 247 g/mol. The maximum atomic E-state index is 12.2. The maximum absolute atomic E-state index is 12.2. The van der Waals surface area contributed by atoms with E-state index in [2.05, 4.69) is 17.2 Å². The highest BCUT2D eigenvalue weighted by atomic mass is 16.1. The fraction of sp³-hybridized carbons (Fsp3) is 0.571. The molecule has 3 N–H and O–H groups in total. The van der Waals surface area contributed by atoms with Gasteiger partial charge in [0.1, 0.15) is 0 Å². The Morgan fingerprint density at radius 2 is 2.28 bits per heavy atom. The van der Waals surface area contributed by atoms with Crippen molar-refractivity contribution in [2.45, 2.75) is 45.6 Å². The second kappa shape index (κ2) is 5.38. The van der Waals surface area contributed by atoms with Gasteiger partial charge < -0.3 is 11.1 Å². The van der Waals surface area contributed by atoms with Crippen molar-refractivity contribution in [1.82, 2.24) is 10.3 Å². The molecule has 1 aromatic rings. The molecule has 1 saturated carbocycles. The zero-order valence-corrected chi connectivity index (χ0v) is 11.1. The number of carbonyl (C=O) groups is 1. The Morgan fingerprint density at radius 3 is 3.00 bits per heavy atom. The SMILES string of the molecule is Cc1ncc(N)cc1C(=O)NC1CCCC(C)C1. The van der Waals surface area contributed by atoms with Gasteiger partial charge in [-0.2, -0.15) is 0 Å². The average Bonchev–Trinajstić information content (AvgIpc) is 2.32. The minimum Gasteiger partial charge on any atom is -0.397 e. The number of nitrogens with two attached hydrogens (primary N) is 1. The van der Waals surface area contributed by atoms with Crippen LogP contribution in [0.2, 0.25) is 0 Å². The molecule has 2 rings (SSSR count). The first kappa shape index (κ1) is 12.9. The molecular formula is C14H21N3O. The minimum absolute atomic E-state index is 0.0496. The van der Waals surface area contributed by atoms with Crippen molar-refractivity contribution in [1.29, 1.82) is 0 Å². The van der Waals surface area contributed by atoms with E-state index in [0.29, 0.717) is 23.2 Å². The van der Waals surface area contributed by atoms with Crippen molar-refractivity contribution in [2.24, 2.45) is 5.92 Å². The van der Waals surface area contributed by atoms with Gasteiger partial charge in [0, 0.05) is 6.04 Å². The summed E-state index contributed by atoms with van der Waals surface area (Å²) in [7, 11) is 0. The standard InChI is InChI=1S/C14H21N3O/c1-9-4-3-5-12(6-9)17-14(18)13-7-11(15)8-16-10(13)2/h7-9,12H,3-6,15H2,1-2H3,(H,17,18). The van der Waals surface area contributed by atoms with Crippen LogP contribution in [0.25, 0.3) is 0 Å². The number of nitrogens with zero attached hydrogens (tertiary/aromatic N) is 1. The van der Waals surface area contributed by atoms with Gasteiger partial charge in [0.25, 0.3) is 5.91 Å². The Hall–Kier alpha value is -1.58. The van der Waals surface area contributed by atoms with E-state index < -0.39 is 0 Å². The van der Waals surface area contributed by atoms with Gasteiger partial charge in [-0.25, -0.2) is 0 Å². The molecule has 18 heavy (non-hydrogen) atoms. The molecule has 2 atom stereocenters. The number of hydrogen-bond donors (Lipinski definition) is 2. The summed E-state index contributed by atoms with van der Waals surface area (Å²) >= 11 is 0. The van der Waals surface area contributed by atoms with Gasteiger partial charge in [-0.15, -0.1) is 0 Å². The molecule has 1 amide bonds. The Kier molecular flexibility index (Phi) is 3.84. The number of nitrogens with one attached hydrogen (secondary N) is 1. The molecule has 1 aliphatic carbocycles. The van der Waals surface area contributed by atoms with Gasteiger partial charge in [-0.1, -0.05) is 19.8 Å². The van der Waals surface area contributed by atoms with Crippen LogP contribution in [0.1, 0.15) is 48.7 Å². The molecule has 0 spiro atoms. The third-order valence-electron chi connectivity index (χ3n) is 3.62. The molecule has 0 aliphatic heterocycles. The van der Waals surface area contributed by atoms with Crippen molar-refractivity contribution in [3.8, 4) is 0 Å². The number of aryl methyl sites for hydroxylation is 1. The predicted molar refractivity (Wildman–Crippen MR) is 72.3 cm³/mol. The second-order valence-corrected chi connectivity index (χ2v) is 5.34. The largest absolute Gasteiger partial charge is 0.397 e. The number of carbonyl (C=O) groups excluding carboxylic acids is 1. The van der Waals surface area contributed by atoms with Crippen molar-refractivity contribution in [3.63, 3.8) is 0 Å². The first-order valence-corrected chi connectivity index (χ1v) is 6.59. The lowest BCUT2D eigenvalue weighted by Gasteiger charge is -2.27. The van der Waals surface area contributed by atoms with Crippen molar-refractivity contribution in [3.05, 3.63) is 23.5 Å². The van der Waals surface area contributed by atoms with Crippen LogP contribution < -0.4 is 11.1 Å². The summed E-state index contributed by atoms with van der Waals surface area (Å²) in [4.78, 5) is 16.3. The normalized spacial score (nSPS) is 23.7. The molecule has 1 aliphatic rings. The van der Waals surface area contributed by atoms with Gasteiger partial charge in [-0.3, -0.25) is 9.78 Å². The van der Waals surface area contributed by atoms with Gasteiger partial charge in [0.2, 0.25) is 0 Å². The third-order valence-corrected chi connectivity index (χ3v) is 3.62. The van der Waals surface area contributed by atoms with Crippen LogP contribution in [-0.2, 0) is 0 Å². The molecule has 0 aromatic carbocycles. The Labute approximate surface area is 108 Å². The van der Waals surface area contributed by atoms with E-state index in [1.165, 1.54) is 12.8 Å². The Morgan fingerprint density at radius 1 is 1.50 bits per heavy atom. The summed E-state index contributed by atoms with van der Waals surface area (Å²) in [5.41, 5.74) is 7.53. The molecule has 4 heteroatoms. The number of amides is 1. The highest BCUT2D eigenvalue weighted by Crippen LogP contribution is 2.24. The maximum Gasteiger partial charge on any atom is 0.253 e. The molecule has 0 saturated heterocycles. The third kappa shape index (κ3) is 3.00. The Balaban J connectivity index is 2.05. The number of pyridine rings is 1. The summed E-state index contributed by atoms with van der Waals surface area (Å²) < 4.78 is 0. The number of aromatic nitrogens is 1. The van der Waals surface area contributed by atoms with Gasteiger partial charge >= 0.3 is 0 Å². The van der Waals surface area contributed by atoms with Gasteiger partial charge in [-0.05, 0) is 31.7 Å². The summed E-state index contributed by atoms with van der Waals surface area (Å²) in [6.45, 7) is 4.07. The lowest BCUT2D eigenvalue weighted by atomic mass is 9.87. The van der Waals surface area contributed by atoms with Crippen molar-refractivity contribution < 1.29 is 4.79 Å². The van der Waals surface area contributed by atoms with E-state index >= 15 is 0 Å². The van der Waals surface area contributed by atoms with Crippen molar-refractivity contribution in [2.75, 3.05) is 5.73 Å². The fourth-order valence-corrected chi connectivity index (χ4v) is 2.61. The highest BCUT2D eigenvalue weighted by molar-refractivity contribution is 5.96. The first-order valence-electron chi connectivity index (χ1n) is 6.59. The average molecular weight is 247 g/mol. The molecule has 1 fully saturated rings. The van der Waals surface area contributed by atoms with Gasteiger partial charge in [0.05, 0.1) is 23.1 Å². The van der Waals surface area contributed by atoms with E-state index in [4.69, 9.17) is 5.73 Å². The zero-order chi connectivity index (χ0) is 13.1. The minimum atomic E-state index is -0.0496. The lowest BCUT2D eigenvalue weighted by Crippen LogP contribution is -2.38. The molecule has 0 bridgehead atoms. The molecule has 1 aromatic heterocycles. The summed E-state index contributed by atoms with van der Waals surface area (Å²) in [5, 5.41) is 3.10. The van der Waals surface area contributed by atoms with Crippen LogP contribution >= 0.6 is 0 Å². The smallest absolute Gasteiger partial charge is 0.253 e. The predicted octanol–water partition coefficient (Wildman–Crippen LogP) is 2.28. The van der Waals surface area contributed by atoms with Crippen LogP contribution in [0, 0.1) is 12.8 Å². The van der Waals surface area contributed by atoms with E-state index in [1.807, 2.05) is 6.92 Å². The number of anilines is 1. The van der Waals surface area contributed by atoms with Crippen LogP contribution in [-0.4, -0.2) is 16.9 Å². The zero-order valence-electron chi connectivity index (χ0n) is 11.1.